The number of aromatic nitrogens is 2. The number of nitro groups is 1. The maximum Gasteiger partial charge on any atom is 0.353 e. The van der Waals surface area contributed by atoms with E-state index in [9.17, 15) is 14.9 Å². The summed E-state index contributed by atoms with van der Waals surface area (Å²) in [5.74, 6) is -0.0771. The Morgan fingerprint density at radius 3 is 2.82 bits per heavy atom. The first-order valence-electron chi connectivity index (χ1n) is 5.56. The second-order valence-electron chi connectivity index (χ2n) is 4.33. The Labute approximate surface area is 98.0 Å². The zero-order valence-corrected chi connectivity index (χ0v) is 9.55. The van der Waals surface area contributed by atoms with E-state index in [4.69, 9.17) is 0 Å². The normalized spacial score (nSPS) is 17.1. The lowest BCUT2D eigenvalue weighted by Gasteiger charge is -2.29. The van der Waals surface area contributed by atoms with Crippen LogP contribution in [0.15, 0.2) is 6.33 Å². The van der Waals surface area contributed by atoms with Crippen molar-refractivity contribution in [1.29, 1.82) is 0 Å². The van der Waals surface area contributed by atoms with Gasteiger partial charge in [-0.15, -0.1) is 0 Å². The fourth-order valence-electron chi connectivity index (χ4n) is 1.94. The zero-order valence-electron chi connectivity index (χ0n) is 9.55. The van der Waals surface area contributed by atoms with Crippen LogP contribution in [0.1, 0.15) is 30.3 Å². The molecule has 0 aliphatic carbocycles. The minimum atomic E-state index is -0.618. The molecule has 1 amide bonds. The number of nitrogens with zero attached hydrogens (tertiary/aromatic N) is 3. The Morgan fingerprint density at radius 1 is 1.59 bits per heavy atom. The molecule has 2 rings (SSSR count). The lowest BCUT2D eigenvalue weighted by molar-refractivity contribution is -0.389. The monoisotopic (exact) mass is 238 g/mol. The molecular formula is C10H14N4O3. The molecule has 1 N–H and O–H groups in total. The van der Waals surface area contributed by atoms with Crippen molar-refractivity contribution in [2.24, 2.45) is 5.92 Å². The van der Waals surface area contributed by atoms with Gasteiger partial charge in [-0.25, -0.2) is 9.97 Å². The number of likely N-dealkylation sites (tertiary alicyclic amines) is 1. The van der Waals surface area contributed by atoms with Gasteiger partial charge in [0.15, 0.2) is 6.33 Å². The topological polar surface area (TPSA) is 92.1 Å². The molecule has 0 atom stereocenters. The Balaban J connectivity index is 2.14. The molecule has 0 saturated carbocycles. The van der Waals surface area contributed by atoms with Crippen LogP contribution < -0.4 is 0 Å². The molecule has 0 bridgehead atoms. The molecule has 0 spiro atoms. The summed E-state index contributed by atoms with van der Waals surface area (Å²) >= 11 is 0. The zero-order chi connectivity index (χ0) is 12.4. The molecule has 7 heteroatoms. The van der Waals surface area contributed by atoms with Crippen molar-refractivity contribution in [2.45, 2.75) is 19.8 Å². The minimum Gasteiger partial charge on any atom is -0.358 e. The summed E-state index contributed by atoms with van der Waals surface area (Å²) in [5, 5.41) is 10.7. The van der Waals surface area contributed by atoms with Crippen LogP contribution in [0.3, 0.4) is 0 Å². The van der Waals surface area contributed by atoms with Gasteiger partial charge in [0, 0.05) is 13.1 Å². The van der Waals surface area contributed by atoms with Gasteiger partial charge in [0.2, 0.25) is 5.69 Å². The van der Waals surface area contributed by atoms with Crippen molar-refractivity contribution < 1.29 is 9.72 Å². The Kier molecular flexibility index (Phi) is 3.08. The molecule has 1 aliphatic rings. The molecule has 1 aromatic heterocycles. The van der Waals surface area contributed by atoms with Crippen molar-refractivity contribution in [3.05, 3.63) is 22.1 Å². The highest BCUT2D eigenvalue weighted by atomic mass is 16.6. The number of piperidine rings is 1. The summed E-state index contributed by atoms with van der Waals surface area (Å²) in [7, 11) is 0. The van der Waals surface area contributed by atoms with E-state index in [-0.39, 0.29) is 17.4 Å². The van der Waals surface area contributed by atoms with E-state index in [0.717, 1.165) is 12.8 Å². The van der Waals surface area contributed by atoms with Crippen LogP contribution in [0.5, 0.6) is 0 Å². The fraction of sp³-hybridized carbons (Fsp3) is 0.600. The number of carbonyl (C=O) groups is 1. The molecular weight excluding hydrogens is 224 g/mol. The maximum absolute atomic E-state index is 12.0. The Bertz CT molecular complexity index is 435. The van der Waals surface area contributed by atoms with Gasteiger partial charge in [0.25, 0.3) is 5.91 Å². The van der Waals surface area contributed by atoms with Crippen LogP contribution in [0, 0.1) is 16.0 Å². The number of aromatic amines is 1. The molecule has 1 fully saturated rings. The third kappa shape index (κ3) is 2.27. The molecule has 0 unspecified atom stereocenters. The lowest BCUT2D eigenvalue weighted by atomic mass is 9.99. The molecule has 92 valence electrons. The molecule has 17 heavy (non-hydrogen) atoms. The average Bonchev–Trinajstić information content (AvgIpc) is 2.78. The number of amides is 1. The number of H-pyrrole nitrogens is 1. The van der Waals surface area contributed by atoms with Crippen LogP contribution in [-0.2, 0) is 0 Å². The van der Waals surface area contributed by atoms with Gasteiger partial charge in [-0.1, -0.05) is 6.92 Å². The number of nitrogens with one attached hydrogen (secondary N) is 1. The number of carbonyl (C=O) groups excluding carboxylic acids is 1. The van der Waals surface area contributed by atoms with Gasteiger partial charge in [-0.3, -0.25) is 4.79 Å². The summed E-state index contributed by atoms with van der Waals surface area (Å²) in [4.78, 5) is 29.8. The number of imidazole rings is 1. The molecule has 1 aliphatic heterocycles. The lowest BCUT2D eigenvalue weighted by Crippen LogP contribution is -2.38. The minimum absolute atomic E-state index is 0.0930. The second kappa shape index (κ2) is 4.52. The first-order valence-corrected chi connectivity index (χ1v) is 5.56. The molecule has 0 radical (unpaired) electrons. The SMILES string of the molecule is CC1CCN(C(=O)c2nc[nH]c2[N+](=O)[O-])CC1. The highest BCUT2D eigenvalue weighted by Crippen LogP contribution is 2.20. The fourth-order valence-corrected chi connectivity index (χ4v) is 1.94. The maximum atomic E-state index is 12.0. The number of hydrogen-bond donors (Lipinski definition) is 1. The van der Waals surface area contributed by atoms with Crippen molar-refractivity contribution in [3.8, 4) is 0 Å². The van der Waals surface area contributed by atoms with E-state index in [0.29, 0.717) is 19.0 Å². The molecule has 2 heterocycles. The van der Waals surface area contributed by atoms with Crippen molar-refractivity contribution in [1.82, 2.24) is 14.9 Å². The van der Waals surface area contributed by atoms with E-state index in [1.165, 1.54) is 6.33 Å². The standard InChI is InChI=1S/C10H14N4O3/c1-7-2-4-13(5-3-7)10(15)8-9(14(16)17)12-6-11-8/h6-7H,2-5H2,1H3,(H,11,12). The van der Waals surface area contributed by atoms with E-state index in [1.54, 1.807) is 4.90 Å². The Hall–Kier alpha value is -1.92. The van der Waals surface area contributed by atoms with Gasteiger partial charge < -0.3 is 15.0 Å². The highest BCUT2D eigenvalue weighted by Gasteiger charge is 2.28. The van der Waals surface area contributed by atoms with Crippen molar-refractivity contribution in [2.75, 3.05) is 13.1 Å². The van der Waals surface area contributed by atoms with E-state index >= 15 is 0 Å². The van der Waals surface area contributed by atoms with Gasteiger partial charge in [-0.2, -0.15) is 0 Å². The van der Waals surface area contributed by atoms with E-state index < -0.39 is 4.92 Å². The third-order valence-electron chi connectivity index (χ3n) is 3.08. The second-order valence-corrected chi connectivity index (χ2v) is 4.33. The Morgan fingerprint density at radius 2 is 2.24 bits per heavy atom. The van der Waals surface area contributed by atoms with Gasteiger partial charge in [-0.05, 0) is 23.7 Å². The van der Waals surface area contributed by atoms with Crippen LogP contribution in [0.2, 0.25) is 0 Å². The van der Waals surface area contributed by atoms with Crippen LogP contribution in [0.4, 0.5) is 5.82 Å². The van der Waals surface area contributed by atoms with Gasteiger partial charge in [0.1, 0.15) is 0 Å². The number of rotatable bonds is 2. The van der Waals surface area contributed by atoms with Crippen molar-refractivity contribution >= 4 is 11.7 Å². The van der Waals surface area contributed by atoms with Crippen LogP contribution >= 0.6 is 0 Å². The van der Waals surface area contributed by atoms with E-state index in [1.807, 2.05) is 0 Å². The first-order chi connectivity index (χ1) is 8.09. The predicted octanol–water partition coefficient (Wildman–Crippen LogP) is 1.19. The van der Waals surface area contributed by atoms with Crippen LogP contribution in [-0.4, -0.2) is 38.8 Å². The van der Waals surface area contributed by atoms with E-state index in [2.05, 4.69) is 16.9 Å². The average molecular weight is 238 g/mol. The summed E-state index contributed by atoms with van der Waals surface area (Å²) in [5.41, 5.74) is -0.0930. The number of hydrogen-bond acceptors (Lipinski definition) is 4. The van der Waals surface area contributed by atoms with Gasteiger partial charge in [0.05, 0.1) is 0 Å². The molecule has 1 aromatic rings. The molecule has 0 aromatic carbocycles. The van der Waals surface area contributed by atoms with Crippen molar-refractivity contribution in [3.63, 3.8) is 0 Å². The quantitative estimate of drug-likeness (QED) is 0.618. The first kappa shape index (κ1) is 11.6. The van der Waals surface area contributed by atoms with Crippen LogP contribution in [0.25, 0.3) is 0 Å². The third-order valence-corrected chi connectivity index (χ3v) is 3.08. The summed E-state index contributed by atoms with van der Waals surface area (Å²) in [6.45, 7) is 3.42. The molecule has 1 saturated heterocycles. The molecule has 7 nitrogen and oxygen atoms in total. The smallest absolute Gasteiger partial charge is 0.353 e. The largest absolute Gasteiger partial charge is 0.358 e. The highest BCUT2D eigenvalue weighted by molar-refractivity contribution is 5.95. The predicted molar refractivity (Wildman–Crippen MR) is 59.5 cm³/mol. The summed E-state index contributed by atoms with van der Waals surface area (Å²) < 4.78 is 0. The van der Waals surface area contributed by atoms with Gasteiger partial charge >= 0.3 is 5.82 Å². The summed E-state index contributed by atoms with van der Waals surface area (Å²) in [6, 6.07) is 0. The summed E-state index contributed by atoms with van der Waals surface area (Å²) in [6.07, 6.45) is 3.05.